The summed E-state index contributed by atoms with van der Waals surface area (Å²) < 4.78 is 4.86. The van der Waals surface area contributed by atoms with Crippen LogP contribution in [-0.4, -0.2) is 9.13 Å². The zero-order chi connectivity index (χ0) is 33.0. The van der Waals surface area contributed by atoms with Crippen LogP contribution in [0.15, 0.2) is 194 Å². The van der Waals surface area contributed by atoms with Crippen LogP contribution in [0.2, 0.25) is 0 Å². The van der Waals surface area contributed by atoms with Gasteiger partial charge in [-0.25, -0.2) is 0 Å². The SMILES string of the molecule is c1ccc(-c2cccc3c4ccccc4n(-c4ccccc4-c4cccc(-c5ccc6c7ccccc7n(-c7ccccc7)c6c5)c4)c23)cc1. The van der Waals surface area contributed by atoms with Gasteiger partial charge in [0.15, 0.2) is 0 Å². The lowest BCUT2D eigenvalue weighted by Crippen LogP contribution is -1.98. The number of nitrogens with zero attached hydrogens (tertiary/aromatic N) is 2. The molecule has 0 fully saturated rings. The Morgan fingerprint density at radius 2 is 0.820 bits per heavy atom. The van der Waals surface area contributed by atoms with Gasteiger partial charge in [0.05, 0.1) is 27.8 Å². The van der Waals surface area contributed by atoms with E-state index in [2.05, 4.69) is 203 Å². The lowest BCUT2D eigenvalue weighted by atomic mass is 9.97. The van der Waals surface area contributed by atoms with Gasteiger partial charge in [-0.05, 0) is 64.7 Å². The second-order valence-corrected chi connectivity index (χ2v) is 12.9. The van der Waals surface area contributed by atoms with E-state index in [1.807, 2.05) is 0 Å². The highest BCUT2D eigenvalue weighted by Gasteiger charge is 2.19. The third-order valence-corrected chi connectivity index (χ3v) is 10.1. The maximum atomic E-state index is 2.47. The average molecular weight is 637 g/mol. The quantitative estimate of drug-likeness (QED) is 0.178. The van der Waals surface area contributed by atoms with Crippen LogP contribution >= 0.6 is 0 Å². The number of hydrogen-bond acceptors (Lipinski definition) is 0. The van der Waals surface area contributed by atoms with Crippen molar-refractivity contribution < 1.29 is 0 Å². The molecule has 234 valence electrons. The van der Waals surface area contributed by atoms with Crippen LogP contribution in [0.4, 0.5) is 0 Å². The van der Waals surface area contributed by atoms with E-state index in [0.29, 0.717) is 0 Å². The monoisotopic (exact) mass is 636 g/mol. The molecule has 0 atom stereocenters. The number of para-hydroxylation sites is 5. The molecule has 0 aliphatic rings. The summed E-state index contributed by atoms with van der Waals surface area (Å²) in [4.78, 5) is 0. The largest absolute Gasteiger partial charge is 0.309 e. The van der Waals surface area contributed by atoms with Gasteiger partial charge in [0.2, 0.25) is 0 Å². The first-order valence-corrected chi connectivity index (χ1v) is 17.2. The molecule has 10 aromatic rings. The standard InChI is InChI=1S/C48H32N2/c1-3-15-33(16-4-1)39-24-14-25-43-41-23-9-12-28-46(41)50(48(39)43)44-26-10-7-21-38(44)36-18-13-17-34(31-36)35-29-30-42-40-22-8-11-27-45(40)49(47(42)32-35)37-19-5-2-6-20-37/h1-32H. The van der Waals surface area contributed by atoms with E-state index in [-0.39, 0.29) is 0 Å². The fourth-order valence-corrected chi connectivity index (χ4v) is 7.90. The highest BCUT2D eigenvalue weighted by Crippen LogP contribution is 2.41. The molecule has 2 nitrogen and oxygen atoms in total. The highest BCUT2D eigenvalue weighted by atomic mass is 15.0. The van der Waals surface area contributed by atoms with Crippen molar-refractivity contribution in [2.45, 2.75) is 0 Å². The molecular formula is C48H32N2. The minimum Gasteiger partial charge on any atom is -0.309 e. The first-order chi connectivity index (χ1) is 24.8. The minimum atomic E-state index is 1.17. The van der Waals surface area contributed by atoms with E-state index >= 15 is 0 Å². The molecule has 0 bridgehead atoms. The lowest BCUT2D eigenvalue weighted by Gasteiger charge is -2.16. The molecule has 2 heterocycles. The van der Waals surface area contributed by atoms with Crippen LogP contribution in [0.3, 0.4) is 0 Å². The van der Waals surface area contributed by atoms with E-state index in [1.165, 1.54) is 88.4 Å². The number of hydrogen-bond donors (Lipinski definition) is 0. The molecule has 0 amide bonds. The summed E-state index contributed by atoms with van der Waals surface area (Å²) in [6.45, 7) is 0. The smallest absolute Gasteiger partial charge is 0.0619 e. The summed E-state index contributed by atoms with van der Waals surface area (Å²) >= 11 is 0. The van der Waals surface area contributed by atoms with E-state index < -0.39 is 0 Å². The molecule has 8 aromatic carbocycles. The van der Waals surface area contributed by atoms with Crippen molar-refractivity contribution in [2.24, 2.45) is 0 Å². The Morgan fingerprint density at radius 3 is 1.64 bits per heavy atom. The second kappa shape index (κ2) is 11.5. The van der Waals surface area contributed by atoms with Gasteiger partial charge in [0.25, 0.3) is 0 Å². The topological polar surface area (TPSA) is 9.86 Å². The summed E-state index contributed by atoms with van der Waals surface area (Å²) in [5.74, 6) is 0. The molecule has 50 heavy (non-hydrogen) atoms. The van der Waals surface area contributed by atoms with Gasteiger partial charge < -0.3 is 9.13 Å². The molecule has 0 spiro atoms. The Labute approximate surface area is 290 Å². The number of rotatable bonds is 5. The molecule has 0 aliphatic carbocycles. The minimum absolute atomic E-state index is 1.17. The Bertz CT molecular complexity index is 2860. The molecule has 0 radical (unpaired) electrons. The van der Waals surface area contributed by atoms with Gasteiger partial charge in [-0.2, -0.15) is 0 Å². The normalized spacial score (nSPS) is 11.6. The Morgan fingerprint density at radius 1 is 0.280 bits per heavy atom. The van der Waals surface area contributed by atoms with Crippen LogP contribution in [0.5, 0.6) is 0 Å². The summed E-state index contributed by atoms with van der Waals surface area (Å²) in [6.07, 6.45) is 0. The zero-order valence-corrected chi connectivity index (χ0v) is 27.4. The van der Waals surface area contributed by atoms with E-state index in [1.54, 1.807) is 0 Å². The van der Waals surface area contributed by atoms with Gasteiger partial charge >= 0.3 is 0 Å². The Hall–Kier alpha value is -6.64. The third kappa shape index (κ3) is 4.43. The van der Waals surface area contributed by atoms with Crippen LogP contribution in [0.25, 0.3) is 88.4 Å². The number of benzene rings is 8. The van der Waals surface area contributed by atoms with Crippen molar-refractivity contribution in [2.75, 3.05) is 0 Å². The van der Waals surface area contributed by atoms with Crippen molar-refractivity contribution in [1.29, 1.82) is 0 Å². The second-order valence-electron chi connectivity index (χ2n) is 12.9. The van der Waals surface area contributed by atoms with Gasteiger partial charge in [-0.1, -0.05) is 152 Å². The van der Waals surface area contributed by atoms with Crippen molar-refractivity contribution in [1.82, 2.24) is 9.13 Å². The molecule has 2 aromatic heterocycles. The van der Waals surface area contributed by atoms with Crippen LogP contribution in [0, 0.1) is 0 Å². The third-order valence-electron chi connectivity index (χ3n) is 10.1. The molecule has 2 heteroatoms. The first-order valence-electron chi connectivity index (χ1n) is 17.2. The predicted octanol–water partition coefficient (Wildman–Crippen LogP) is 12.9. The zero-order valence-electron chi connectivity index (χ0n) is 27.4. The van der Waals surface area contributed by atoms with Crippen molar-refractivity contribution in [3.05, 3.63) is 194 Å². The van der Waals surface area contributed by atoms with Gasteiger partial charge in [0, 0.05) is 38.4 Å². The molecule has 0 saturated carbocycles. The van der Waals surface area contributed by atoms with Gasteiger partial charge in [-0.15, -0.1) is 0 Å². The number of fused-ring (bicyclic) bond motifs is 6. The maximum Gasteiger partial charge on any atom is 0.0619 e. The summed E-state index contributed by atoms with van der Waals surface area (Å²) in [5.41, 5.74) is 14.4. The van der Waals surface area contributed by atoms with Gasteiger partial charge in [-0.3, -0.25) is 0 Å². The maximum absolute atomic E-state index is 2.47. The van der Waals surface area contributed by atoms with Gasteiger partial charge in [0.1, 0.15) is 0 Å². The molecular weight excluding hydrogens is 605 g/mol. The average Bonchev–Trinajstić information content (AvgIpc) is 3.71. The molecule has 0 aliphatic heterocycles. The van der Waals surface area contributed by atoms with E-state index in [4.69, 9.17) is 0 Å². The van der Waals surface area contributed by atoms with Crippen LogP contribution in [-0.2, 0) is 0 Å². The molecule has 0 unspecified atom stereocenters. The van der Waals surface area contributed by atoms with Crippen LogP contribution < -0.4 is 0 Å². The fraction of sp³-hybridized carbons (Fsp3) is 0. The summed E-state index contributed by atoms with van der Waals surface area (Å²) in [5, 5.41) is 5.04. The Kier molecular flexibility index (Phi) is 6.53. The van der Waals surface area contributed by atoms with E-state index in [0.717, 1.165) is 0 Å². The van der Waals surface area contributed by atoms with Crippen molar-refractivity contribution in [3.63, 3.8) is 0 Å². The fourth-order valence-electron chi connectivity index (χ4n) is 7.90. The summed E-state index contributed by atoms with van der Waals surface area (Å²) in [7, 11) is 0. The van der Waals surface area contributed by atoms with E-state index in [9.17, 15) is 0 Å². The molecule has 0 N–H and O–H groups in total. The van der Waals surface area contributed by atoms with Crippen molar-refractivity contribution in [3.8, 4) is 44.8 Å². The summed E-state index contributed by atoms with van der Waals surface area (Å²) in [6, 6.07) is 70.4. The lowest BCUT2D eigenvalue weighted by molar-refractivity contribution is 1.18. The predicted molar refractivity (Wildman–Crippen MR) is 211 cm³/mol. The van der Waals surface area contributed by atoms with Crippen LogP contribution in [0.1, 0.15) is 0 Å². The molecule has 10 rings (SSSR count). The first kappa shape index (κ1) is 28.4. The van der Waals surface area contributed by atoms with Crippen molar-refractivity contribution >= 4 is 43.6 Å². The number of aromatic nitrogens is 2. The highest BCUT2D eigenvalue weighted by molar-refractivity contribution is 6.14. The Balaban J connectivity index is 1.17. The molecule has 0 saturated heterocycles.